The maximum atomic E-state index is 11.7. The third-order valence-electron chi connectivity index (χ3n) is 3.80. The molecule has 0 aromatic heterocycles. The average molecular weight is 247 g/mol. The molecule has 1 aliphatic heterocycles. The van der Waals surface area contributed by atoms with Crippen molar-refractivity contribution < 1.29 is 9.53 Å². The molecule has 2 unspecified atom stereocenters. The summed E-state index contributed by atoms with van der Waals surface area (Å²) in [6, 6.07) is 8.30. The average Bonchev–Trinajstić information content (AvgIpc) is 2.38. The minimum Gasteiger partial charge on any atom is -0.492 e. The second-order valence-electron chi connectivity index (χ2n) is 4.84. The molecule has 0 bridgehead atoms. The lowest BCUT2D eigenvalue weighted by molar-refractivity contribution is -0.123. The molecule has 3 heteroatoms. The van der Waals surface area contributed by atoms with Crippen molar-refractivity contribution in [2.45, 2.75) is 33.2 Å². The van der Waals surface area contributed by atoms with Gasteiger partial charge in [-0.25, -0.2) is 0 Å². The number of piperidine rings is 1. The standard InChI is InChI=1S/C15H21NO2/c1-4-18-15-8-6-5-7-13(15)16-10-9-14(17)11(2)12(16)3/h5-8,11-12H,4,9-10H2,1-3H3. The number of Topliss-reactive ketones (excluding diaryl/α,β-unsaturated/α-hetero) is 1. The van der Waals surface area contributed by atoms with Crippen molar-refractivity contribution in [2.75, 3.05) is 18.1 Å². The van der Waals surface area contributed by atoms with Crippen LogP contribution in [0.15, 0.2) is 24.3 Å². The Bertz CT molecular complexity index is 430. The molecule has 98 valence electrons. The Morgan fingerprint density at radius 3 is 2.78 bits per heavy atom. The fourth-order valence-electron chi connectivity index (χ4n) is 2.51. The summed E-state index contributed by atoms with van der Waals surface area (Å²) in [5, 5.41) is 0. The molecular formula is C15H21NO2. The minimum absolute atomic E-state index is 0.0911. The molecule has 3 nitrogen and oxygen atoms in total. The van der Waals surface area contributed by atoms with E-state index in [1.165, 1.54) is 0 Å². The van der Waals surface area contributed by atoms with Gasteiger partial charge in [-0.1, -0.05) is 19.1 Å². The lowest BCUT2D eigenvalue weighted by atomic mass is 9.90. The highest BCUT2D eigenvalue weighted by Crippen LogP contribution is 2.33. The summed E-state index contributed by atoms with van der Waals surface area (Å²) in [4.78, 5) is 14.0. The quantitative estimate of drug-likeness (QED) is 0.822. The van der Waals surface area contributed by atoms with Gasteiger partial charge in [-0.15, -0.1) is 0 Å². The molecule has 0 N–H and O–H groups in total. The molecule has 2 rings (SSSR count). The molecule has 1 fully saturated rings. The van der Waals surface area contributed by atoms with Crippen LogP contribution in [0.3, 0.4) is 0 Å². The molecule has 1 saturated heterocycles. The summed E-state index contributed by atoms with van der Waals surface area (Å²) in [6.07, 6.45) is 0.631. The Balaban J connectivity index is 2.28. The highest BCUT2D eigenvalue weighted by molar-refractivity contribution is 5.84. The summed E-state index contributed by atoms with van der Waals surface area (Å²) in [6.45, 7) is 7.57. The maximum absolute atomic E-state index is 11.7. The number of hydrogen-bond acceptors (Lipinski definition) is 3. The summed E-state index contributed by atoms with van der Waals surface area (Å²) in [7, 11) is 0. The van der Waals surface area contributed by atoms with Gasteiger partial charge >= 0.3 is 0 Å². The number of carbonyl (C=O) groups excluding carboxylic acids is 1. The van der Waals surface area contributed by atoms with Crippen LogP contribution in [0.4, 0.5) is 5.69 Å². The number of para-hydroxylation sites is 2. The van der Waals surface area contributed by atoms with Crippen molar-refractivity contribution in [3.05, 3.63) is 24.3 Å². The largest absolute Gasteiger partial charge is 0.492 e. The zero-order chi connectivity index (χ0) is 13.1. The number of anilines is 1. The van der Waals surface area contributed by atoms with Crippen molar-refractivity contribution in [3.8, 4) is 5.75 Å². The van der Waals surface area contributed by atoms with Crippen LogP contribution in [0.25, 0.3) is 0 Å². The van der Waals surface area contributed by atoms with Gasteiger partial charge in [-0.3, -0.25) is 4.79 Å². The van der Waals surface area contributed by atoms with Crippen molar-refractivity contribution in [1.29, 1.82) is 0 Å². The lowest BCUT2D eigenvalue weighted by Crippen LogP contribution is -2.47. The van der Waals surface area contributed by atoms with Gasteiger partial charge in [0.25, 0.3) is 0 Å². The zero-order valence-electron chi connectivity index (χ0n) is 11.3. The van der Waals surface area contributed by atoms with Gasteiger partial charge < -0.3 is 9.64 Å². The van der Waals surface area contributed by atoms with Gasteiger partial charge in [0.15, 0.2) is 0 Å². The van der Waals surface area contributed by atoms with E-state index in [0.717, 1.165) is 18.0 Å². The minimum atomic E-state index is 0.0911. The first-order valence-electron chi connectivity index (χ1n) is 6.66. The molecule has 0 radical (unpaired) electrons. The molecule has 1 aromatic rings. The van der Waals surface area contributed by atoms with E-state index in [0.29, 0.717) is 18.8 Å². The first-order valence-corrected chi connectivity index (χ1v) is 6.66. The second kappa shape index (κ2) is 5.42. The zero-order valence-corrected chi connectivity index (χ0v) is 11.3. The normalized spacial score (nSPS) is 24.2. The molecule has 0 spiro atoms. The number of nitrogens with zero attached hydrogens (tertiary/aromatic N) is 1. The first-order chi connectivity index (χ1) is 8.65. The number of ketones is 1. The van der Waals surface area contributed by atoms with Crippen molar-refractivity contribution in [2.24, 2.45) is 5.92 Å². The number of ether oxygens (including phenoxy) is 1. The number of benzene rings is 1. The Labute approximate surface area is 109 Å². The molecule has 0 aliphatic carbocycles. The molecule has 0 amide bonds. The molecule has 2 atom stereocenters. The van der Waals surface area contributed by atoms with Crippen molar-refractivity contribution in [1.82, 2.24) is 0 Å². The SMILES string of the molecule is CCOc1ccccc1N1CCC(=O)C(C)C1C. The van der Waals surface area contributed by atoms with Crippen LogP contribution in [0.2, 0.25) is 0 Å². The van der Waals surface area contributed by atoms with E-state index in [2.05, 4.69) is 17.9 Å². The Morgan fingerprint density at radius 2 is 2.06 bits per heavy atom. The maximum Gasteiger partial charge on any atom is 0.142 e. The van der Waals surface area contributed by atoms with Crippen LogP contribution in [0, 0.1) is 5.92 Å². The van der Waals surface area contributed by atoms with Crippen molar-refractivity contribution >= 4 is 11.5 Å². The third-order valence-corrected chi connectivity index (χ3v) is 3.80. The number of hydrogen-bond donors (Lipinski definition) is 0. The van der Waals surface area contributed by atoms with Gasteiger partial charge in [-0.2, -0.15) is 0 Å². The fraction of sp³-hybridized carbons (Fsp3) is 0.533. The molecule has 1 aromatic carbocycles. The van der Waals surface area contributed by atoms with Crippen LogP contribution < -0.4 is 9.64 Å². The molecule has 0 saturated carbocycles. The van der Waals surface area contributed by atoms with Crippen LogP contribution in [-0.4, -0.2) is 25.0 Å². The topological polar surface area (TPSA) is 29.5 Å². The van der Waals surface area contributed by atoms with Gasteiger partial charge in [0, 0.05) is 24.9 Å². The van der Waals surface area contributed by atoms with E-state index >= 15 is 0 Å². The van der Waals surface area contributed by atoms with Crippen LogP contribution in [0.5, 0.6) is 5.75 Å². The predicted molar refractivity (Wildman–Crippen MR) is 73.2 cm³/mol. The number of carbonyl (C=O) groups is 1. The highest BCUT2D eigenvalue weighted by Gasteiger charge is 2.31. The summed E-state index contributed by atoms with van der Waals surface area (Å²) >= 11 is 0. The van der Waals surface area contributed by atoms with Crippen LogP contribution in [-0.2, 0) is 4.79 Å². The monoisotopic (exact) mass is 247 g/mol. The van der Waals surface area contributed by atoms with E-state index in [1.54, 1.807) is 0 Å². The summed E-state index contributed by atoms with van der Waals surface area (Å²) in [5.74, 6) is 1.37. The van der Waals surface area contributed by atoms with Gasteiger partial charge in [0.2, 0.25) is 0 Å². The second-order valence-corrected chi connectivity index (χ2v) is 4.84. The van der Waals surface area contributed by atoms with E-state index in [4.69, 9.17) is 4.74 Å². The number of rotatable bonds is 3. The van der Waals surface area contributed by atoms with Gasteiger partial charge in [0.1, 0.15) is 11.5 Å². The molecule has 1 heterocycles. The molecular weight excluding hydrogens is 226 g/mol. The Hall–Kier alpha value is -1.51. The van der Waals surface area contributed by atoms with E-state index in [9.17, 15) is 4.79 Å². The van der Waals surface area contributed by atoms with Gasteiger partial charge in [-0.05, 0) is 26.0 Å². The van der Waals surface area contributed by atoms with Crippen LogP contribution in [0.1, 0.15) is 27.2 Å². The van der Waals surface area contributed by atoms with Crippen molar-refractivity contribution in [3.63, 3.8) is 0 Å². The van der Waals surface area contributed by atoms with E-state index in [-0.39, 0.29) is 12.0 Å². The molecule has 1 aliphatic rings. The van der Waals surface area contributed by atoms with Gasteiger partial charge in [0.05, 0.1) is 12.3 Å². The van der Waals surface area contributed by atoms with E-state index in [1.807, 2.05) is 32.0 Å². The predicted octanol–water partition coefficient (Wildman–Crippen LogP) is 2.89. The van der Waals surface area contributed by atoms with Crippen LogP contribution >= 0.6 is 0 Å². The van der Waals surface area contributed by atoms with E-state index < -0.39 is 0 Å². The highest BCUT2D eigenvalue weighted by atomic mass is 16.5. The first kappa shape index (κ1) is 12.9. The summed E-state index contributed by atoms with van der Waals surface area (Å²) in [5.41, 5.74) is 1.10. The third kappa shape index (κ3) is 2.35. The Kier molecular flexibility index (Phi) is 3.90. The lowest BCUT2D eigenvalue weighted by Gasteiger charge is -2.39. The molecule has 18 heavy (non-hydrogen) atoms. The fourth-order valence-corrected chi connectivity index (χ4v) is 2.51. The summed E-state index contributed by atoms with van der Waals surface area (Å²) < 4.78 is 5.67. The smallest absolute Gasteiger partial charge is 0.142 e. The Morgan fingerprint density at radius 1 is 1.33 bits per heavy atom.